The van der Waals surface area contributed by atoms with Gasteiger partial charge < -0.3 is 0 Å². The number of rotatable bonds is 12. The maximum Gasteiger partial charge on any atom is 0.362 e. The van der Waals surface area contributed by atoms with Crippen molar-refractivity contribution in [3.63, 3.8) is 0 Å². The van der Waals surface area contributed by atoms with E-state index in [1.165, 1.54) is 100 Å². The normalized spacial score (nSPS) is 11.7. The molecule has 0 heterocycles. The van der Waals surface area contributed by atoms with Gasteiger partial charge in [0.25, 0.3) is 0 Å². The van der Waals surface area contributed by atoms with Gasteiger partial charge in [-0.25, -0.2) is 19.4 Å². The Morgan fingerprint density at radius 2 is 0.611 bits per heavy atom. The number of carbonyl (C=O) groups is 6. The van der Waals surface area contributed by atoms with Crippen LogP contribution in [0.3, 0.4) is 0 Å². The molecule has 0 saturated carbocycles. The highest BCUT2D eigenvalue weighted by Gasteiger charge is 2.52. The van der Waals surface area contributed by atoms with E-state index in [0.717, 1.165) is 0 Å². The Morgan fingerprint density at radius 3 is 0.796 bits per heavy atom. The van der Waals surface area contributed by atoms with Crippen LogP contribution in [-0.4, -0.2) is 35.1 Å². The van der Waals surface area contributed by atoms with Crippen molar-refractivity contribution in [2.45, 2.75) is 27.7 Å². The predicted octanol–water partition coefficient (Wildman–Crippen LogP) is 12.0. The molecule has 0 fully saturated rings. The Labute approximate surface area is 349 Å². The Morgan fingerprint density at radius 1 is 0.407 bits per heavy atom. The number of Topliss-reactive ketones (excluding diaryl/α,β-unsaturated/α-hetero) is 4. The van der Waals surface area contributed by atoms with Gasteiger partial charge in [-0.2, -0.15) is 0 Å². The van der Waals surface area contributed by atoms with Crippen LogP contribution in [0.15, 0.2) is 72.8 Å². The Hall–Kier alpha value is -3.18. The summed E-state index contributed by atoms with van der Waals surface area (Å²) in [6.07, 6.45) is 0. The highest BCUT2D eigenvalue weighted by atomic mass is 35.5. The molecule has 16 heteroatoms. The lowest BCUT2D eigenvalue weighted by atomic mass is 9.71. The number of halogens is 8. The third kappa shape index (κ3) is 9.26. The molecule has 0 radical (unpaired) electrons. The molecule has 0 aliphatic heterocycles. The van der Waals surface area contributed by atoms with Crippen LogP contribution >= 0.6 is 92.8 Å². The lowest BCUT2D eigenvalue weighted by Crippen LogP contribution is -2.46. The molecule has 282 valence electrons. The van der Waals surface area contributed by atoms with Gasteiger partial charge in [-0.15, -0.1) is 0 Å². The second-order valence-electron chi connectivity index (χ2n) is 13.0. The molecule has 0 aliphatic carbocycles. The summed E-state index contributed by atoms with van der Waals surface area (Å²) in [5.74, 6) is -10.2. The number of hydrogen-bond donors (Lipinski definition) is 0. The third-order valence-electron chi connectivity index (χ3n) is 8.52. The standard InChI is InChI=1S/C38H26Cl8O8/c1-37(2,29(31(47)21-9-5-17(39)13-25(21)43)32(48)22-10-6-18(40)14-26(22)44)35(51)53-54-36(52)38(3,4)30(33(49)23-11-7-19(41)15-27(23)45)34(50)24-12-8-20(42)16-28(24)46/h5-16,29-30H,1-4H3. The lowest BCUT2D eigenvalue weighted by molar-refractivity contribution is -0.273. The van der Waals surface area contributed by atoms with Crippen LogP contribution in [0.2, 0.25) is 40.2 Å². The second kappa shape index (κ2) is 17.3. The first-order chi connectivity index (χ1) is 25.1. The van der Waals surface area contributed by atoms with Gasteiger partial charge in [-0.05, 0) is 100 Å². The predicted molar refractivity (Wildman–Crippen MR) is 210 cm³/mol. The first-order valence-electron chi connectivity index (χ1n) is 15.5. The van der Waals surface area contributed by atoms with Crippen molar-refractivity contribution >= 4 is 128 Å². The van der Waals surface area contributed by atoms with E-state index in [1.807, 2.05) is 0 Å². The number of ketones is 4. The minimum Gasteiger partial charge on any atom is -0.293 e. The smallest absolute Gasteiger partial charge is 0.293 e. The average Bonchev–Trinajstić information content (AvgIpc) is 3.06. The van der Waals surface area contributed by atoms with Crippen LogP contribution < -0.4 is 0 Å². The number of benzene rings is 4. The van der Waals surface area contributed by atoms with E-state index in [4.69, 9.17) is 103 Å². The molecule has 0 spiro atoms. The maximum absolute atomic E-state index is 14.1. The SMILES string of the molecule is CC(C)(C(=O)OOC(=O)C(C)(C)C(C(=O)c1ccc(Cl)cc1Cl)C(=O)c1ccc(Cl)cc1Cl)C(C(=O)c1ccc(Cl)cc1Cl)C(=O)c1ccc(Cl)cc1Cl. The summed E-state index contributed by atoms with van der Waals surface area (Å²) >= 11 is 49.4. The molecular weight excluding hydrogens is 868 g/mol. The van der Waals surface area contributed by atoms with Crippen LogP contribution in [0.1, 0.15) is 69.1 Å². The number of carbonyl (C=O) groups excluding carboxylic acids is 6. The molecule has 4 rings (SSSR count). The lowest BCUT2D eigenvalue weighted by Gasteiger charge is -2.32. The summed E-state index contributed by atoms with van der Waals surface area (Å²) in [7, 11) is 0. The maximum atomic E-state index is 14.1. The van der Waals surface area contributed by atoms with Gasteiger partial charge in [0.2, 0.25) is 0 Å². The molecule has 4 aromatic rings. The van der Waals surface area contributed by atoms with Crippen LogP contribution in [0.5, 0.6) is 0 Å². The van der Waals surface area contributed by atoms with E-state index in [2.05, 4.69) is 0 Å². The summed E-state index contributed by atoms with van der Waals surface area (Å²) < 4.78 is 0. The van der Waals surface area contributed by atoms with E-state index in [9.17, 15) is 28.8 Å². The summed E-state index contributed by atoms with van der Waals surface area (Å²) in [4.78, 5) is 93.9. The molecule has 4 aromatic carbocycles. The van der Waals surface area contributed by atoms with E-state index < -0.39 is 57.7 Å². The van der Waals surface area contributed by atoms with Gasteiger partial charge in [0, 0.05) is 42.3 Å². The minimum absolute atomic E-state index is 0.119. The fourth-order valence-electron chi connectivity index (χ4n) is 5.45. The van der Waals surface area contributed by atoms with Gasteiger partial charge in [-0.3, -0.25) is 19.2 Å². The topological polar surface area (TPSA) is 121 Å². The summed E-state index contributed by atoms with van der Waals surface area (Å²) in [5.41, 5.74) is -4.84. The van der Waals surface area contributed by atoms with Crippen LogP contribution in [0.4, 0.5) is 0 Å². The molecule has 8 nitrogen and oxygen atoms in total. The fraction of sp³-hybridized carbons (Fsp3) is 0.211. The van der Waals surface area contributed by atoms with Crippen molar-refractivity contribution in [3.8, 4) is 0 Å². The average molecular weight is 894 g/mol. The van der Waals surface area contributed by atoms with Gasteiger partial charge >= 0.3 is 11.9 Å². The van der Waals surface area contributed by atoms with Gasteiger partial charge in [-0.1, -0.05) is 92.8 Å². The summed E-state index contributed by atoms with van der Waals surface area (Å²) in [5, 5.41) is 0.304. The minimum atomic E-state index is -2.09. The fourth-order valence-corrected chi connectivity index (χ4v) is 7.46. The second-order valence-corrected chi connectivity index (χ2v) is 16.4. The highest BCUT2D eigenvalue weighted by molar-refractivity contribution is 6.41. The van der Waals surface area contributed by atoms with Crippen LogP contribution in [-0.2, 0) is 19.4 Å². The number of hydrogen-bond acceptors (Lipinski definition) is 8. The van der Waals surface area contributed by atoms with Gasteiger partial charge in [0.1, 0.15) is 11.8 Å². The quantitative estimate of drug-likeness (QED) is 0.0597. The van der Waals surface area contributed by atoms with Crippen molar-refractivity contribution in [2.24, 2.45) is 22.7 Å². The van der Waals surface area contributed by atoms with E-state index >= 15 is 0 Å². The molecule has 0 amide bonds. The van der Waals surface area contributed by atoms with E-state index in [-0.39, 0.29) is 62.4 Å². The molecule has 0 N–H and O–H groups in total. The zero-order valence-corrected chi connectivity index (χ0v) is 34.4. The molecule has 0 aromatic heterocycles. The zero-order chi connectivity index (χ0) is 40.4. The summed E-state index contributed by atoms with van der Waals surface area (Å²) in [6, 6.07) is 15.6. The van der Waals surface area contributed by atoms with Gasteiger partial charge in [0.15, 0.2) is 23.1 Å². The molecule has 0 atom stereocenters. The van der Waals surface area contributed by atoms with Crippen molar-refractivity contribution in [1.29, 1.82) is 0 Å². The van der Waals surface area contributed by atoms with Crippen molar-refractivity contribution in [2.75, 3.05) is 0 Å². The molecular formula is C38H26Cl8O8. The van der Waals surface area contributed by atoms with Crippen molar-refractivity contribution in [1.82, 2.24) is 0 Å². The first kappa shape index (κ1) is 43.5. The Balaban J connectivity index is 1.71. The molecule has 0 bridgehead atoms. The highest BCUT2D eigenvalue weighted by Crippen LogP contribution is 2.40. The van der Waals surface area contributed by atoms with Crippen LogP contribution in [0, 0.1) is 22.7 Å². The van der Waals surface area contributed by atoms with Crippen molar-refractivity contribution in [3.05, 3.63) is 135 Å². The van der Waals surface area contributed by atoms with Gasteiger partial charge in [0.05, 0.1) is 30.9 Å². The monoisotopic (exact) mass is 890 g/mol. The molecule has 54 heavy (non-hydrogen) atoms. The van der Waals surface area contributed by atoms with E-state index in [0.29, 0.717) is 0 Å². The third-order valence-corrected chi connectivity index (χ3v) is 10.7. The largest absolute Gasteiger partial charge is 0.362 e. The molecule has 0 saturated heterocycles. The van der Waals surface area contributed by atoms with Crippen LogP contribution in [0.25, 0.3) is 0 Å². The Bertz CT molecular complexity index is 1930. The van der Waals surface area contributed by atoms with E-state index in [1.54, 1.807) is 0 Å². The summed E-state index contributed by atoms with van der Waals surface area (Å²) in [6.45, 7) is 4.79. The molecule has 0 unspecified atom stereocenters. The molecule has 0 aliphatic rings. The zero-order valence-electron chi connectivity index (χ0n) is 28.4. The van der Waals surface area contributed by atoms with Crippen molar-refractivity contribution < 1.29 is 38.5 Å². The Kier molecular flexibility index (Phi) is 14.0. The first-order valence-corrected chi connectivity index (χ1v) is 18.5.